The maximum Gasteiger partial charge on any atom is 0.407 e. The molecule has 0 aromatic heterocycles. The largest absolute Gasteiger partial charge is 0.550 e. The molecule has 0 aliphatic carbocycles. The zero-order valence-electron chi connectivity index (χ0n) is 12.6. The normalized spacial score (nSPS) is 12.6. The minimum absolute atomic E-state index is 0.225. The summed E-state index contributed by atoms with van der Waals surface area (Å²) in [5.41, 5.74) is 0.00183. The molecular formula is C15H18Cl2NO4-. The number of hydrogen-bond donors (Lipinski definition) is 1. The molecule has 22 heavy (non-hydrogen) atoms. The van der Waals surface area contributed by atoms with E-state index >= 15 is 0 Å². The summed E-state index contributed by atoms with van der Waals surface area (Å²) in [5, 5.41) is 14.3. The Labute approximate surface area is 139 Å². The van der Waals surface area contributed by atoms with Crippen LogP contribution in [0.2, 0.25) is 10.0 Å². The molecule has 1 N–H and O–H groups in total. The van der Waals surface area contributed by atoms with Gasteiger partial charge in [0.05, 0.1) is 0 Å². The Hall–Kier alpha value is -1.46. The van der Waals surface area contributed by atoms with Crippen molar-refractivity contribution in [3.05, 3.63) is 33.8 Å². The first-order valence-corrected chi connectivity index (χ1v) is 7.45. The van der Waals surface area contributed by atoms with Crippen LogP contribution in [-0.4, -0.2) is 23.7 Å². The second-order valence-electron chi connectivity index (χ2n) is 5.86. The van der Waals surface area contributed by atoms with E-state index < -0.39 is 23.7 Å². The minimum atomic E-state index is -1.27. The van der Waals surface area contributed by atoms with E-state index in [4.69, 9.17) is 27.9 Å². The van der Waals surface area contributed by atoms with Crippen LogP contribution in [0.3, 0.4) is 0 Å². The second kappa shape index (κ2) is 7.70. The first-order chi connectivity index (χ1) is 10.1. The zero-order valence-corrected chi connectivity index (χ0v) is 14.1. The van der Waals surface area contributed by atoms with Gasteiger partial charge in [-0.15, -0.1) is 0 Å². The average molecular weight is 347 g/mol. The molecule has 1 aromatic rings. The van der Waals surface area contributed by atoms with E-state index in [-0.39, 0.29) is 12.8 Å². The van der Waals surface area contributed by atoms with Crippen molar-refractivity contribution in [3.63, 3.8) is 0 Å². The minimum Gasteiger partial charge on any atom is -0.550 e. The number of benzene rings is 1. The van der Waals surface area contributed by atoms with E-state index in [0.717, 1.165) is 0 Å². The zero-order chi connectivity index (χ0) is 16.9. The third kappa shape index (κ3) is 7.00. The van der Waals surface area contributed by atoms with Gasteiger partial charge in [0, 0.05) is 28.5 Å². The Balaban J connectivity index is 2.80. The van der Waals surface area contributed by atoms with Gasteiger partial charge >= 0.3 is 6.09 Å². The van der Waals surface area contributed by atoms with Crippen molar-refractivity contribution < 1.29 is 19.4 Å². The summed E-state index contributed by atoms with van der Waals surface area (Å²) in [7, 11) is 0. The highest BCUT2D eigenvalue weighted by Crippen LogP contribution is 2.22. The van der Waals surface area contributed by atoms with Gasteiger partial charge in [-0.3, -0.25) is 0 Å². The van der Waals surface area contributed by atoms with E-state index in [1.807, 2.05) is 0 Å². The maximum atomic E-state index is 11.8. The molecule has 0 saturated heterocycles. The second-order valence-corrected chi connectivity index (χ2v) is 6.70. The van der Waals surface area contributed by atoms with Crippen LogP contribution in [0.15, 0.2) is 18.2 Å². The van der Waals surface area contributed by atoms with Gasteiger partial charge in [0.25, 0.3) is 0 Å². The highest BCUT2D eigenvalue weighted by atomic mass is 35.5. The quantitative estimate of drug-likeness (QED) is 0.888. The molecule has 0 heterocycles. The highest BCUT2D eigenvalue weighted by Gasteiger charge is 2.20. The molecule has 0 fully saturated rings. The Morgan fingerprint density at radius 1 is 1.32 bits per heavy atom. The molecule has 0 unspecified atom stereocenters. The number of carbonyl (C=O) groups excluding carboxylic acids is 2. The third-order valence-corrected chi connectivity index (χ3v) is 3.20. The first-order valence-electron chi connectivity index (χ1n) is 6.70. The van der Waals surface area contributed by atoms with E-state index in [2.05, 4.69) is 5.32 Å². The molecule has 0 radical (unpaired) electrons. The van der Waals surface area contributed by atoms with Gasteiger partial charge in [0.1, 0.15) is 5.60 Å². The molecule has 0 spiro atoms. The molecule has 0 aliphatic heterocycles. The molecule has 1 aromatic carbocycles. The lowest BCUT2D eigenvalue weighted by Crippen LogP contribution is -2.43. The van der Waals surface area contributed by atoms with Crippen LogP contribution < -0.4 is 10.4 Å². The van der Waals surface area contributed by atoms with Crippen molar-refractivity contribution in [2.45, 2.75) is 45.3 Å². The summed E-state index contributed by atoms with van der Waals surface area (Å²) in [6.45, 7) is 5.16. The summed E-state index contributed by atoms with van der Waals surface area (Å²) in [6, 6.07) is 4.19. The monoisotopic (exact) mass is 346 g/mol. The third-order valence-electron chi connectivity index (χ3n) is 2.62. The fraction of sp³-hybridized carbons (Fsp3) is 0.467. The van der Waals surface area contributed by atoms with Crippen molar-refractivity contribution >= 4 is 35.3 Å². The van der Waals surface area contributed by atoms with Gasteiger partial charge in [0.2, 0.25) is 0 Å². The number of nitrogens with one attached hydrogen (secondary N) is 1. The van der Waals surface area contributed by atoms with Gasteiger partial charge in [0.15, 0.2) is 0 Å². The van der Waals surface area contributed by atoms with E-state index in [1.165, 1.54) is 0 Å². The van der Waals surface area contributed by atoms with Gasteiger partial charge in [-0.2, -0.15) is 0 Å². The SMILES string of the molecule is CC(C)(C)OC(=O)N[C@H](CC(=O)[O-])Cc1ccc(Cl)cc1Cl. The van der Waals surface area contributed by atoms with E-state index in [0.29, 0.717) is 15.6 Å². The molecule has 0 aliphatic rings. The number of aliphatic carboxylic acids is 1. The van der Waals surface area contributed by atoms with E-state index in [9.17, 15) is 14.7 Å². The van der Waals surface area contributed by atoms with Crippen LogP contribution in [0.5, 0.6) is 0 Å². The Morgan fingerprint density at radius 3 is 2.45 bits per heavy atom. The molecule has 0 bridgehead atoms. The van der Waals surface area contributed by atoms with Crippen molar-refractivity contribution in [3.8, 4) is 0 Å². The van der Waals surface area contributed by atoms with Gasteiger partial charge < -0.3 is 20.0 Å². The van der Waals surface area contributed by atoms with Crippen molar-refractivity contribution in [1.82, 2.24) is 5.32 Å². The highest BCUT2D eigenvalue weighted by molar-refractivity contribution is 6.35. The summed E-state index contributed by atoms with van der Waals surface area (Å²) >= 11 is 11.9. The lowest BCUT2D eigenvalue weighted by Gasteiger charge is -2.24. The van der Waals surface area contributed by atoms with Gasteiger partial charge in [-0.1, -0.05) is 29.3 Å². The summed E-state index contributed by atoms with van der Waals surface area (Å²) in [5.74, 6) is -1.27. The maximum absolute atomic E-state index is 11.8. The standard InChI is InChI=1S/C15H19Cl2NO4/c1-15(2,3)22-14(21)18-11(8-13(19)20)6-9-4-5-10(16)7-12(9)17/h4-5,7,11H,6,8H2,1-3H3,(H,18,21)(H,19,20)/p-1/t11-/m0/s1. The van der Waals surface area contributed by atoms with Gasteiger partial charge in [-0.25, -0.2) is 4.79 Å². The number of carbonyl (C=O) groups is 2. The molecule has 122 valence electrons. The van der Waals surface area contributed by atoms with Gasteiger partial charge in [-0.05, 0) is 44.9 Å². The number of carboxylic acid groups (broad SMARTS) is 1. The van der Waals surface area contributed by atoms with Crippen molar-refractivity contribution in [2.75, 3.05) is 0 Å². The van der Waals surface area contributed by atoms with Crippen molar-refractivity contribution in [1.29, 1.82) is 0 Å². The molecule has 1 amide bonds. The summed E-state index contributed by atoms with van der Waals surface area (Å²) < 4.78 is 5.12. The van der Waals surface area contributed by atoms with Crippen LogP contribution in [0.25, 0.3) is 0 Å². The molecule has 1 atom stereocenters. The first kappa shape index (κ1) is 18.6. The summed E-state index contributed by atoms with van der Waals surface area (Å²) in [6.07, 6.45) is -0.814. The molecule has 0 saturated carbocycles. The number of halogens is 2. The number of hydrogen-bond acceptors (Lipinski definition) is 4. The Kier molecular flexibility index (Phi) is 6.50. The number of rotatable bonds is 5. The molecule has 5 nitrogen and oxygen atoms in total. The van der Waals surface area contributed by atoms with Crippen molar-refractivity contribution in [2.24, 2.45) is 0 Å². The number of alkyl carbamates (subject to hydrolysis) is 1. The molecule has 7 heteroatoms. The lowest BCUT2D eigenvalue weighted by molar-refractivity contribution is -0.306. The average Bonchev–Trinajstić information content (AvgIpc) is 2.29. The number of amides is 1. The smallest absolute Gasteiger partial charge is 0.407 e. The Morgan fingerprint density at radius 2 is 1.95 bits per heavy atom. The Bertz CT molecular complexity index is 555. The lowest BCUT2D eigenvalue weighted by atomic mass is 10.0. The summed E-state index contributed by atoms with van der Waals surface area (Å²) in [4.78, 5) is 22.6. The van der Waals surface area contributed by atoms with Crippen LogP contribution in [0, 0.1) is 0 Å². The number of carboxylic acids is 1. The van der Waals surface area contributed by atoms with Crippen LogP contribution in [0.1, 0.15) is 32.8 Å². The van der Waals surface area contributed by atoms with Crippen LogP contribution >= 0.6 is 23.2 Å². The van der Waals surface area contributed by atoms with Crippen LogP contribution in [-0.2, 0) is 16.0 Å². The fourth-order valence-corrected chi connectivity index (χ4v) is 2.29. The van der Waals surface area contributed by atoms with E-state index in [1.54, 1.807) is 39.0 Å². The molecule has 1 rings (SSSR count). The van der Waals surface area contributed by atoms with Crippen LogP contribution in [0.4, 0.5) is 4.79 Å². The fourth-order valence-electron chi connectivity index (χ4n) is 1.80. The molecular weight excluding hydrogens is 329 g/mol. The predicted octanol–water partition coefficient (Wildman–Crippen LogP) is 2.57. The topological polar surface area (TPSA) is 78.5 Å². The predicted molar refractivity (Wildman–Crippen MR) is 82.9 cm³/mol. The number of ether oxygens (including phenoxy) is 1.